The zero-order chi connectivity index (χ0) is 9.97. The van der Waals surface area contributed by atoms with Crippen molar-refractivity contribution in [1.82, 2.24) is 10.2 Å². The summed E-state index contributed by atoms with van der Waals surface area (Å²) in [5.74, 6) is 0.767. The van der Waals surface area contributed by atoms with E-state index in [0.717, 1.165) is 38.9 Å². The van der Waals surface area contributed by atoms with Gasteiger partial charge in [0, 0.05) is 25.0 Å². The molecular formula is C11H20N2O. The van der Waals surface area contributed by atoms with Gasteiger partial charge in [0.05, 0.1) is 0 Å². The number of nitrogens with one attached hydrogen (secondary N) is 1. The summed E-state index contributed by atoms with van der Waals surface area (Å²) in [4.78, 5) is 14.1. The first-order chi connectivity index (χ1) is 6.83. The first kappa shape index (κ1) is 9.97. The van der Waals surface area contributed by atoms with Crippen LogP contribution < -0.4 is 5.32 Å². The number of nitrogens with zero attached hydrogens (tertiary/aromatic N) is 1. The lowest BCUT2D eigenvalue weighted by molar-refractivity contribution is -0.140. The minimum Gasteiger partial charge on any atom is -0.338 e. The van der Waals surface area contributed by atoms with Gasteiger partial charge in [0.25, 0.3) is 0 Å². The second-order valence-corrected chi connectivity index (χ2v) is 4.40. The molecule has 1 heterocycles. The van der Waals surface area contributed by atoms with Crippen molar-refractivity contribution in [2.75, 3.05) is 19.6 Å². The molecule has 80 valence electrons. The molecule has 0 aromatic heterocycles. The Bertz CT molecular complexity index is 207. The fraction of sp³-hybridized carbons (Fsp3) is 0.909. The molecule has 1 N–H and O–H groups in total. The fourth-order valence-electron chi connectivity index (χ4n) is 2.39. The Balaban J connectivity index is 1.93. The Morgan fingerprint density at radius 2 is 2.21 bits per heavy atom. The molecule has 2 rings (SSSR count). The molecule has 2 aliphatic rings. The zero-order valence-corrected chi connectivity index (χ0v) is 8.96. The zero-order valence-electron chi connectivity index (χ0n) is 8.96. The average molecular weight is 196 g/mol. The molecule has 3 heteroatoms. The molecule has 0 aromatic carbocycles. The normalized spacial score (nSPS) is 27.4. The van der Waals surface area contributed by atoms with Gasteiger partial charge >= 0.3 is 0 Å². The number of carbonyl (C=O) groups excluding carboxylic acids is 1. The molecule has 0 bridgehead atoms. The summed E-state index contributed by atoms with van der Waals surface area (Å²) >= 11 is 0. The van der Waals surface area contributed by atoms with Gasteiger partial charge in [0.1, 0.15) is 0 Å². The molecule has 1 saturated heterocycles. The van der Waals surface area contributed by atoms with Crippen LogP contribution in [0, 0.1) is 5.92 Å². The topological polar surface area (TPSA) is 32.3 Å². The minimum absolute atomic E-state index is 0.357. The number of hydrogen-bond donors (Lipinski definition) is 1. The highest BCUT2D eigenvalue weighted by molar-refractivity contribution is 5.80. The minimum atomic E-state index is 0.357. The fourth-order valence-corrected chi connectivity index (χ4v) is 2.39. The largest absolute Gasteiger partial charge is 0.338 e. The van der Waals surface area contributed by atoms with E-state index in [1.807, 2.05) is 0 Å². The molecule has 1 atom stereocenters. The van der Waals surface area contributed by atoms with Gasteiger partial charge in [-0.05, 0) is 32.7 Å². The lowest BCUT2D eigenvalue weighted by Gasteiger charge is -2.34. The van der Waals surface area contributed by atoms with Crippen LogP contribution in [0.15, 0.2) is 0 Å². The van der Waals surface area contributed by atoms with E-state index in [2.05, 4.69) is 17.1 Å². The molecule has 1 aliphatic heterocycles. The van der Waals surface area contributed by atoms with Gasteiger partial charge in [-0.2, -0.15) is 0 Å². The van der Waals surface area contributed by atoms with Crippen LogP contribution in [-0.4, -0.2) is 36.5 Å². The third-order valence-electron chi connectivity index (χ3n) is 3.55. The quantitative estimate of drug-likeness (QED) is 0.730. The maximum absolute atomic E-state index is 12.0. The van der Waals surface area contributed by atoms with Crippen LogP contribution in [-0.2, 0) is 4.79 Å². The van der Waals surface area contributed by atoms with Crippen molar-refractivity contribution in [1.29, 1.82) is 0 Å². The monoisotopic (exact) mass is 196 g/mol. The van der Waals surface area contributed by atoms with Gasteiger partial charge < -0.3 is 10.2 Å². The van der Waals surface area contributed by atoms with Crippen LogP contribution in [0.25, 0.3) is 0 Å². The van der Waals surface area contributed by atoms with Crippen molar-refractivity contribution < 1.29 is 4.79 Å². The van der Waals surface area contributed by atoms with Crippen LogP contribution in [0.2, 0.25) is 0 Å². The van der Waals surface area contributed by atoms with Gasteiger partial charge in [-0.15, -0.1) is 0 Å². The Hall–Kier alpha value is -0.570. The van der Waals surface area contributed by atoms with E-state index in [1.165, 1.54) is 6.42 Å². The van der Waals surface area contributed by atoms with Crippen molar-refractivity contribution in [3.63, 3.8) is 0 Å². The molecule has 0 spiro atoms. The van der Waals surface area contributed by atoms with Gasteiger partial charge in [-0.25, -0.2) is 0 Å². The first-order valence-electron chi connectivity index (χ1n) is 5.84. The summed E-state index contributed by atoms with van der Waals surface area (Å²) in [7, 11) is 0. The van der Waals surface area contributed by atoms with Crippen LogP contribution in [0.3, 0.4) is 0 Å². The lowest BCUT2D eigenvalue weighted by atomic mass is 9.84. The van der Waals surface area contributed by atoms with Crippen molar-refractivity contribution >= 4 is 5.91 Å². The maximum atomic E-state index is 12.0. The van der Waals surface area contributed by atoms with Crippen LogP contribution in [0.4, 0.5) is 0 Å². The Morgan fingerprint density at radius 1 is 1.43 bits per heavy atom. The Kier molecular flexibility index (Phi) is 3.06. The highest BCUT2D eigenvalue weighted by Gasteiger charge is 2.33. The standard InChI is InChI=1S/C11H20N2O/c1-2-13(10-6-7-12-8-10)11(14)9-4-3-5-9/h9-10,12H,2-8H2,1H3. The summed E-state index contributed by atoms with van der Waals surface area (Å²) in [5, 5.41) is 3.32. The molecule has 0 aromatic rings. The van der Waals surface area contributed by atoms with E-state index in [4.69, 9.17) is 0 Å². The molecular weight excluding hydrogens is 176 g/mol. The van der Waals surface area contributed by atoms with E-state index in [9.17, 15) is 4.79 Å². The Labute approximate surface area is 85.8 Å². The summed E-state index contributed by atoms with van der Waals surface area (Å²) in [6.07, 6.45) is 4.62. The summed E-state index contributed by atoms with van der Waals surface area (Å²) in [5.41, 5.74) is 0. The van der Waals surface area contributed by atoms with Crippen molar-refractivity contribution in [3.05, 3.63) is 0 Å². The van der Waals surface area contributed by atoms with Gasteiger partial charge in [-0.3, -0.25) is 4.79 Å². The van der Waals surface area contributed by atoms with Crippen molar-refractivity contribution in [2.45, 2.75) is 38.6 Å². The molecule has 1 amide bonds. The van der Waals surface area contributed by atoms with E-state index in [0.29, 0.717) is 17.9 Å². The molecule has 1 unspecified atom stereocenters. The van der Waals surface area contributed by atoms with E-state index in [-0.39, 0.29) is 0 Å². The van der Waals surface area contributed by atoms with Crippen LogP contribution >= 0.6 is 0 Å². The number of rotatable bonds is 3. The third-order valence-corrected chi connectivity index (χ3v) is 3.55. The third kappa shape index (κ3) is 1.78. The van der Waals surface area contributed by atoms with Gasteiger partial charge in [0.15, 0.2) is 0 Å². The van der Waals surface area contributed by atoms with Gasteiger partial charge in [-0.1, -0.05) is 6.42 Å². The van der Waals surface area contributed by atoms with E-state index >= 15 is 0 Å². The predicted octanol–water partition coefficient (Wildman–Crippen LogP) is 0.997. The molecule has 1 aliphatic carbocycles. The van der Waals surface area contributed by atoms with Crippen molar-refractivity contribution in [3.8, 4) is 0 Å². The Morgan fingerprint density at radius 3 is 2.64 bits per heavy atom. The highest BCUT2D eigenvalue weighted by atomic mass is 16.2. The predicted molar refractivity (Wildman–Crippen MR) is 56.0 cm³/mol. The number of carbonyl (C=O) groups is 1. The van der Waals surface area contributed by atoms with Crippen molar-refractivity contribution in [2.24, 2.45) is 5.92 Å². The second-order valence-electron chi connectivity index (χ2n) is 4.40. The second kappa shape index (κ2) is 4.30. The van der Waals surface area contributed by atoms with E-state index < -0.39 is 0 Å². The van der Waals surface area contributed by atoms with Gasteiger partial charge in [0.2, 0.25) is 5.91 Å². The summed E-state index contributed by atoms with van der Waals surface area (Å²) < 4.78 is 0. The summed E-state index contributed by atoms with van der Waals surface area (Å²) in [6, 6.07) is 0.466. The highest BCUT2D eigenvalue weighted by Crippen LogP contribution is 2.29. The lowest BCUT2D eigenvalue weighted by Crippen LogP contribution is -2.45. The number of hydrogen-bond acceptors (Lipinski definition) is 2. The van der Waals surface area contributed by atoms with E-state index in [1.54, 1.807) is 0 Å². The average Bonchev–Trinajstić information content (AvgIpc) is 2.55. The molecule has 1 saturated carbocycles. The molecule has 3 nitrogen and oxygen atoms in total. The molecule has 14 heavy (non-hydrogen) atoms. The number of amides is 1. The first-order valence-corrected chi connectivity index (χ1v) is 5.84. The van der Waals surface area contributed by atoms with Crippen LogP contribution in [0.5, 0.6) is 0 Å². The maximum Gasteiger partial charge on any atom is 0.225 e. The molecule has 2 fully saturated rings. The number of likely N-dealkylation sites (N-methyl/N-ethyl adjacent to an activating group) is 1. The molecule has 0 radical (unpaired) electrons. The summed E-state index contributed by atoms with van der Waals surface area (Å²) in [6.45, 7) is 5.03. The van der Waals surface area contributed by atoms with Crippen LogP contribution in [0.1, 0.15) is 32.6 Å². The SMILES string of the molecule is CCN(C(=O)C1CCC1)C1CCNC1. The smallest absolute Gasteiger partial charge is 0.225 e.